The van der Waals surface area contributed by atoms with Gasteiger partial charge in [0.05, 0.1) is 5.69 Å². The van der Waals surface area contributed by atoms with Crippen molar-refractivity contribution >= 4 is 22.1 Å². The molecule has 0 bridgehead atoms. The molecule has 0 aromatic carbocycles. The molecule has 0 amide bonds. The largest absolute Gasteiger partial charge is 0.355 e. The fourth-order valence-electron chi connectivity index (χ4n) is 2.34. The minimum absolute atomic E-state index is 0.472. The average molecular weight is 266 g/mol. The molecule has 1 atom stereocenters. The lowest BCUT2D eigenvalue weighted by molar-refractivity contribution is 0.501. The predicted molar refractivity (Wildman–Crippen MR) is 78.3 cm³/mol. The summed E-state index contributed by atoms with van der Waals surface area (Å²) in [5.41, 5.74) is 6.98. The number of aromatic nitrogens is 2. The van der Waals surface area contributed by atoms with Crippen molar-refractivity contribution in [3.8, 4) is 0 Å². The minimum atomic E-state index is 0.472. The smallest absolute Gasteiger partial charge is 0.195 e. The topological polar surface area (TPSA) is 46.6 Å². The molecule has 0 saturated heterocycles. The molecular weight excluding hydrogens is 244 g/mol. The van der Waals surface area contributed by atoms with E-state index in [1.807, 2.05) is 11.6 Å². The monoisotopic (exact) mass is 266 g/mol. The van der Waals surface area contributed by atoms with Crippen LogP contribution >= 0.6 is 11.3 Å². The van der Waals surface area contributed by atoms with Gasteiger partial charge in [0, 0.05) is 31.2 Å². The number of nitrogens with two attached hydrogens (primary N) is 1. The molecule has 4 nitrogen and oxygen atoms in total. The number of hydrogen-bond acceptors (Lipinski definition) is 4. The lowest BCUT2D eigenvalue weighted by Gasteiger charge is -2.27. The molecule has 18 heavy (non-hydrogen) atoms. The molecule has 0 fully saturated rings. The van der Waals surface area contributed by atoms with Gasteiger partial charge in [-0.3, -0.25) is 4.40 Å². The molecule has 0 spiro atoms. The van der Waals surface area contributed by atoms with Gasteiger partial charge in [0.15, 0.2) is 10.8 Å². The highest BCUT2D eigenvalue weighted by Gasteiger charge is 2.19. The summed E-state index contributed by atoms with van der Waals surface area (Å²) >= 11 is 1.65. The molecule has 2 N–H and O–H groups in total. The van der Waals surface area contributed by atoms with Crippen LogP contribution in [0.4, 0.5) is 5.82 Å². The average Bonchev–Trinajstić information content (AvgIpc) is 2.85. The second-order valence-corrected chi connectivity index (χ2v) is 6.10. The maximum atomic E-state index is 5.88. The summed E-state index contributed by atoms with van der Waals surface area (Å²) in [5.74, 6) is 1.71. The third-order valence-corrected chi connectivity index (χ3v) is 4.10. The van der Waals surface area contributed by atoms with Crippen molar-refractivity contribution in [3.05, 3.63) is 17.3 Å². The van der Waals surface area contributed by atoms with E-state index in [1.54, 1.807) is 11.3 Å². The summed E-state index contributed by atoms with van der Waals surface area (Å²) in [6.07, 6.45) is 3.20. The summed E-state index contributed by atoms with van der Waals surface area (Å²) in [6, 6.07) is 0.472. The molecule has 2 rings (SSSR count). The molecule has 0 aliphatic carbocycles. The Bertz CT molecular complexity index is 514. The van der Waals surface area contributed by atoms with Crippen LogP contribution in [0.1, 0.15) is 32.9 Å². The quantitative estimate of drug-likeness (QED) is 0.905. The highest BCUT2D eigenvalue weighted by Crippen LogP contribution is 2.26. The first-order chi connectivity index (χ1) is 8.54. The lowest BCUT2D eigenvalue weighted by Crippen LogP contribution is -2.31. The van der Waals surface area contributed by atoms with Gasteiger partial charge in [0.1, 0.15) is 0 Å². The van der Waals surface area contributed by atoms with Crippen molar-refractivity contribution < 1.29 is 0 Å². The molecule has 0 radical (unpaired) electrons. The maximum Gasteiger partial charge on any atom is 0.195 e. The van der Waals surface area contributed by atoms with Crippen molar-refractivity contribution in [2.24, 2.45) is 11.7 Å². The van der Waals surface area contributed by atoms with Crippen LogP contribution in [0.5, 0.6) is 0 Å². The Kier molecular flexibility index (Phi) is 3.92. The van der Waals surface area contributed by atoms with Crippen LogP contribution in [0.3, 0.4) is 0 Å². The zero-order chi connectivity index (χ0) is 13.3. The van der Waals surface area contributed by atoms with Crippen LogP contribution < -0.4 is 10.6 Å². The number of thiazole rings is 1. The first-order valence-electron chi connectivity index (χ1n) is 6.42. The van der Waals surface area contributed by atoms with E-state index in [0.29, 0.717) is 18.5 Å². The van der Waals surface area contributed by atoms with Gasteiger partial charge in [-0.15, -0.1) is 11.3 Å². The van der Waals surface area contributed by atoms with Crippen molar-refractivity contribution in [1.29, 1.82) is 0 Å². The predicted octanol–water partition coefficient (Wildman–Crippen LogP) is 2.73. The third kappa shape index (κ3) is 2.37. The zero-order valence-corrected chi connectivity index (χ0v) is 12.4. The fourth-order valence-corrected chi connectivity index (χ4v) is 3.07. The number of rotatable bonds is 5. The Morgan fingerprint density at radius 1 is 1.44 bits per heavy atom. The Balaban J connectivity index is 2.31. The molecule has 2 heterocycles. The standard InChI is InChI=1S/C13H22N4S/c1-9(2)7-10(3)16(4)12-11(8-14)17-5-6-18-13(17)15-12/h5-6,9-10H,7-8,14H2,1-4H3. The maximum absolute atomic E-state index is 5.88. The van der Waals surface area contributed by atoms with E-state index in [0.717, 1.165) is 22.9 Å². The van der Waals surface area contributed by atoms with E-state index < -0.39 is 0 Å². The second-order valence-electron chi connectivity index (χ2n) is 5.23. The highest BCUT2D eigenvalue weighted by molar-refractivity contribution is 7.15. The van der Waals surface area contributed by atoms with E-state index >= 15 is 0 Å². The van der Waals surface area contributed by atoms with Crippen molar-refractivity contribution in [1.82, 2.24) is 9.38 Å². The van der Waals surface area contributed by atoms with Crippen molar-refractivity contribution in [2.75, 3.05) is 11.9 Å². The van der Waals surface area contributed by atoms with Crippen molar-refractivity contribution in [2.45, 2.75) is 39.8 Å². The summed E-state index contributed by atoms with van der Waals surface area (Å²) < 4.78 is 2.10. The van der Waals surface area contributed by atoms with Gasteiger partial charge >= 0.3 is 0 Å². The summed E-state index contributed by atoms with van der Waals surface area (Å²) in [4.78, 5) is 7.97. The molecule has 1 unspecified atom stereocenters. The Labute approximate surface area is 112 Å². The fraction of sp³-hybridized carbons (Fsp3) is 0.615. The molecule has 0 saturated carbocycles. The summed E-state index contributed by atoms with van der Waals surface area (Å²) in [6.45, 7) is 7.26. The van der Waals surface area contributed by atoms with Gasteiger partial charge < -0.3 is 10.6 Å². The van der Waals surface area contributed by atoms with E-state index in [9.17, 15) is 0 Å². The van der Waals surface area contributed by atoms with Crippen LogP contribution in [0.25, 0.3) is 4.96 Å². The molecule has 2 aromatic heterocycles. The summed E-state index contributed by atoms with van der Waals surface area (Å²) in [5, 5.41) is 2.04. The molecule has 100 valence electrons. The minimum Gasteiger partial charge on any atom is -0.355 e. The SMILES string of the molecule is CC(C)CC(C)N(C)c1nc2sccn2c1CN. The number of imidazole rings is 1. The van der Waals surface area contributed by atoms with Crippen LogP contribution in [-0.2, 0) is 6.54 Å². The van der Waals surface area contributed by atoms with E-state index in [2.05, 4.69) is 37.1 Å². The lowest BCUT2D eigenvalue weighted by atomic mass is 10.0. The normalized spacial score (nSPS) is 13.4. The Morgan fingerprint density at radius 2 is 2.17 bits per heavy atom. The summed E-state index contributed by atoms with van der Waals surface area (Å²) in [7, 11) is 2.11. The third-order valence-electron chi connectivity index (χ3n) is 3.34. The van der Waals surface area contributed by atoms with Crippen LogP contribution in [0, 0.1) is 5.92 Å². The van der Waals surface area contributed by atoms with Gasteiger partial charge in [-0.2, -0.15) is 0 Å². The molecule has 0 aliphatic rings. The van der Waals surface area contributed by atoms with Gasteiger partial charge in [-0.25, -0.2) is 4.98 Å². The highest BCUT2D eigenvalue weighted by atomic mass is 32.1. The number of fused-ring (bicyclic) bond motifs is 1. The Morgan fingerprint density at radius 3 is 2.78 bits per heavy atom. The van der Waals surface area contributed by atoms with Crippen LogP contribution in [0.2, 0.25) is 0 Å². The van der Waals surface area contributed by atoms with Crippen molar-refractivity contribution in [3.63, 3.8) is 0 Å². The van der Waals surface area contributed by atoms with E-state index in [1.165, 1.54) is 0 Å². The van der Waals surface area contributed by atoms with Crippen LogP contribution in [0.15, 0.2) is 11.6 Å². The van der Waals surface area contributed by atoms with Gasteiger partial charge in [-0.05, 0) is 19.3 Å². The number of hydrogen-bond donors (Lipinski definition) is 1. The van der Waals surface area contributed by atoms with Crippen LogP contribution in [-0.4, -0.2) is 22.5 Å². The molecule has 0 aliphatic heterocycles. The molecule has 2 aromatic rings. The number of nitrogens with zero attached hydrogens (tertiary/aromatic N) is 3. The molecular formula is C13H22N4S. The van der Waals surface area contributed by atoms with Gasteiger partial charge in [-0.1, -0.05) is 13.8 Å². The van der Waals surface area contributed by atoms with E-state index in [-0.39, 0.29) is 0 Å². The first kappa shape index (κ1) is 13.4. The Hall–Kier alpha value is -1.07. The first-order valence-corrected chi connectivity index (χ1v) is 7.29. The second kappa shape index (κ2) is 5.28. The van der Waals surface area contributed by atoms with Gasteiger partial charge in [0.2, 0.25) is 0 Å². The van der Waals surface area contributed by atoms with Gasteiger partial charge in [0.25, 0.3) is 0 Å². The number of anilines is 1. The molecule has 5 heteroatoms. The van der Waals surface area contributed by atoms with E-state index in [4.69, 9.17) is 10.7 Å². The zero-order valence-electron chi connectivity index (χ0n) is 11.6.